The predicted molar refractivity (Wildman–Crippen MR) is 88.4 cm³/mol. The van der Waals surface area contributed by atoms with Gasteiger partial charge in [-0.1, -0.05) is 17.7 Å². The molecule has 0 spiro atoms. The van der Waals surface area contributed by atoms with Crippen LogP contribution in [0.2, 0.25) is 5.02 Å². The summed E-state index contributed by atoms with van der Waals surface area (Å²) < 4.78 is 56.9. The standard InChI is InChI=1S/C16H14ClF4N3O/c1-25-14-5-4-11(7-13(14)17)24-15(22)23-8-9-2-3-10(18)6-12(9)16(19,20)21/h2-7H,8H2,1H3,(H3,22,23,24). The smallest absolute Gasteiger partial charge is 0.416 e. The molecule has 0 bridgehead atoms. The van der Waals surface area contributed by atoms with Crippen LogP contribution in [0.1, 0.15) is 11.1 Å². The summed E-state index contributed by atoms with van der Waals surface area (Å²) in [6.07, 6.45) is -4.68. The number of nitrogens with zero attached hydrogens (tertiary/aromatic N) is 1. The lowest BCUT2D eigenvalue weighted by Gasteiger charge is -2.12. The number of hydrogen-bond acceptors (Lipinski definition) is 2. The number of aliphatic imine (C=N–C) groups is 1. The lowest BCUT2D eigenvalue weighted by Crippen LogP contribution is -2.22. The second-order valence-electron chi connectivity index (χ2n) is 4.98. The fourth-order valence-electron chi connectivity index (χ4n) is 2.05. The molecule has 25 heavy (non-hydrogen) atoms. The highest BCUT2D eigenvalue weighted by molar-refractivity contribution is 6.32. The van der Waals surface area contributed by atoms with Gasteiger partial charge in [0.1, 0.15) is 11.6 Å². The first-order chi connectivity index (χ1) is 11.7. The minimum absolute atomic E-state index is 0.112. The molecule has 0 aliphatic carbocycles. The molecule has 0 amide bonds. The lowest BCUT2D eigenvalue weighted by atomic mass is 10.1. The third kappa shape index (κ3) is 4.99. The van der Waals surface area contributed by atoms with Gasteiger partial charge in [0.2, 0.25) is 0 Å². The SMILES string of the molecule is COc1ccc(NC(N)=NCc2ccc(F)cc2C(F)(F)F)cc1Cl. The van der Waals surface area contributed by atoms with Crippen LogP contribution in [-0.4, -0.2) is 13.1 Å². The minimum Gasteiger partial charge on any atom is -0.495 e. The van der Waals surface area contributed by atoms with Crippen molar-refractivity contribution in [3.63, 3.8) is 0 Å². The van der Waals surface area contributed by atoms with E-state index < -0.39 is 17.6 Å². The number of hydrogen-bond donors (Lipinski definition) is 2. The number of halogens is 5. The van der Waals surface area contributed by atoms with Gasteiger partial charge in [0.05, 0.1) is 24.2 Å². The molecule has 0 saturated carbocycles. The van der Waals surface area contributed by atoms with Crippen LogP contribution in [0.15, 0.2) is 41.4 Å². The Bertz CT molecular complexity index is 793. The van der Waals surface area contributed by atoms with Crippen molar-refractivity contribution in [1.82, 2.24) is 0 Å². The maximum atomic E-state index is 13.1. The number of rotatable bonds is 4. The van der Waals surface area contributed by atoms with Gasteiger partial charge in [0.15, 0.2) is 5.96 Å². The molecule has 0 fully saturated rings. The summed E-state index contributed by atoms with van der Waals surface area (Å²) in [6, 6.07) is 7.14. The van der Waals surface area contributed by atoms with Crippen molar-refractivity contribution in [2.75, 3.05) is 12.4 Å². The normalized spacial score (nSPS) is 12.2. The van der Waals surface area contributed by atoms with E-state index in [4.69, 9.17) is 22.1 Å². The summed E-state index contributed by atoms with van der Waals surface area (Å²) in [5.74, 6) is -0.624. The summed E-state index contributed by atoms with van der Waals surface area (Å²) >= 11 is 5.97. The van der Waals surface area contributed by atoms with Crippen LogP contribution >= 0.6 is 11.6 Å². The molecule has 2 rings (SSSR count). The maximum Gasteiger partial charge on any atom is 0.416 e. The highest BCUT2D eigenvalue weighted by atomic mass is 35.5. The highest BCUT2D eigenvalue weighted by Crippen LogP contribution is 2.33. The molecule has 0 aliphatic rings. The van der Waals surface area contributed by atoms with Crippen molar-refractivity contribution in [1.29, 1.82) is 0 Å². The van der Waals surface area contributed by atoms with Crippen molar-refractivity contribution in [2.24, 2.45) is 10.7 Å². The summed E-state index contributed by atoms with van der Waals surface area (Å²) in [7, 11) is 1.46. The third-order valence-electron chi connectivity index (χ3n) is 3.22. The summed E-state index contributed by atoms with van der Waals surface area (Å²) in [5, 5.41) is 3.04. The van der Waals surface area contributed by atoms with Crippen molar-refractivity contribution < 1.29 is 22.3 Å². The van der Waals surface area contributed by atoms with Gasteiger partial charge in [-0.2, -0.15) is 13.2 Å². The molecule has 4 nitrogen and oxygen atoms in total. The lowest BCUT2D eigenvalue weighted by molar-refractivity contribution is -0.138. The number of nitrogens with two attached hydrogens (primary N) is 1. The molecule has 134 valence electrons. The van der Waals surface area contributed by atoms with Crippen LogP contribution in [0.4, 0.5) is 23.2 Å². The van der Waals surface area contributed by atoms with E-state index in [0.717, 1.165) is 12.1 Å². The van der Waals surface area contributed by atoms with E-state index in [2.05, 4.69) is 10.3 Å². The van der Waals surface area contributed by atoms with Crippen LogP contribution in [0.3, 0.4) is 0 Å². The van der Waals surface area contributed by atoms with E-state index in [1.807, 2.05) is 0 Å². The second-order valence-corrected chi connectivity index (χ2v) is 5.38. The Labute approximate surface area is 146 Å². The van der Waals surface area contributed by atoms with Gasteiger partial charge < -0.3 is 15.8 Å². The monoisotopic (exact) mass is 375 g/mol. The molecule has 9 heteroatoms. The van der Waals surface area contributed by atoms with Gasteiger partial charge in [-0.3, -0.25) is 0 Å². The van der Waals surface area contributed by atoms with E-state index in [9.17, 15) is 17.6 Å². The number of benzene rings is 2. The second kappa shape index (κ2) is 7.60. The van der Waals surface area contributed by atoms with Gasteiger partial charge in [0.25, 0.3) is 0 Å². The fourth-order valence-corrected chi connectivity index (χ4v) is 2.31. The Morgan fingerprint density at radius 1 is 1.24 bits per heavy atom. The fraction of sp³-hybridized carbons (Fsp3) is 0.188. The van der Waals surface area contributed by atoms with E-state index in [0.29, 0.717) is 22.5 Å². The number of alkyl halides is 3. The number of anilines is 1. The Balaban J connectivity index is 2.15. The topological polar surface area (TPSA) is 59.6 Å². The molecule has 0 aliphatic heterocycles. The number of ether oxygens (including phenoxy) is 1. The van der Waals surface area contributed by atoms with E-state index in [1.54, 1.807) is 12.1 Å². The summed E-state index contributed by atoms with van der Waals surface area (Å²) in [4.78, 5) is 3.85. The first-order valence-electron chi connectivity index (χ1n) is 6.97. The molecule has 0 radical (unpaired) electrons. The first-order valence-corrected chi connectivity index (χ1v) is 7.34. The maximum absolute atomic E-state index is 13.1. The zero-order valence-electron chi connectivity index (χ0n) is 13.0. The summed E-state index contributed by atoms with van der Waals surface area (Å²) in [5.41, 5.74) is 4.89. The van der Waals surface area contributed by atoms with Gasteiger partial charge in [-0.25, -0.2) is 9.38 Å². The first kappa shape index (κ1) is 18.9. The third-order valence-corrected chi connectivity index (χ3v) is 3.52. The van der Waals surface area contributed by atoms with Crippen LogP contribution < -0.4 is 15.8 Å². The Morgan fingerprint density at radius 3 is 2.56 bits per heavy atom. The van der Waals surface area contributed by atoms with E-state index >= 15 is 0 Å². The molecule has 2 aromatic carbocycles. The molecular formula is C16H14ClF4N3O. The van der Waals surface area contributed by atoms with Crippen molar-refractivity contribution in [3.05, 3.63) is 58.4 Å². The largest absolute Gasteiger partial charge is 0.495 e. The number of guanidine groups is 1. The zero-order valence-corrected chi connectivity index (χ0v) is 13.7. The Kier molecular flexibility index (Phi) is 5.73. The van der Waals surface area contributed by atoms with E-state index in [1.165, 1.54) is 13.2 Å². The molecule has 2 aromatic rings. The zero-order chi connectivity index (χ0) is 18.6. The van der Waals surface area contributed by atoms with Crippen molar-refractivity contribution in [3.8, 4) is 5.75 Å². The Hall–Kier alpha value is -2.48. The molecule has 3 N–H and O–H groups in total. The van der Waals surface area contributed by atoms with Crippen LogP contribution in [-0.2, 0) is 12.7 Å². The quantitative estimate of drug-likeness (QED) is 0.472. The van der Waals surface area contributed by atoms with E-state index in [-0.39, 0.29) is 18.1 Å². The van der Waals surface area contributed by atoms with Crippen LogP contribution in [0.25, 0.3) is 0 Å². The minimum atomic E-state index is -4.68. The molecule has 0 heterocycles. The van der Waals surface area contributed by atoms with Crippen LogP contribution in [0, 0.1) is 5.82 Å². The molecule has 0 unspecified atom stereocenters. The van der Waals surface area contributed by atoms with Crippen LogP contribution in [0.5, 0.6) is 5.75 Å². The molecular weight excluding hydrogens is 362 g/mol. The Morgan fingerprint density at radius 2 is 1.96 bits per heavy atom. The predicted octanol–water partition coefficient (Wildman–Crippen LogP) is 4.43. The highest BCUT2D eigenvalue weighted by Gasteiger charge is 2.33. The molecule has 0 saturated heterocycles. The number of methoxy groups -OCH3 is 1. The van der Waals surface area contributed by atoms with Gasteiger partial charge in [0, 0.05) is 5.69 Å². The molecule has 0 atom stereocenters. The van der Waals surface area contributed by atoms with Crippen molar-refractivity contribution in [2.45, 2.75) is 12.7 Å². The average Bonchev–Trinajstić information content (AvgIpc) is 2.53. The van der Waals surface area contributed by atoms with Gasteiger partial charge in [-0.15, -0.1) is 0 Å². The summed E-state index contributed by atoms with van der Waals surface area (Å²) in [6.45, 7) is -0.363. The number of nitrogens with one attached hydrogen (secondary N) is 1. The van der Waals surface area contributed by atoms with Gasteiger partial charge in [-0.05, 0) is 35.9 Å². The molecule has 0 aromatic heterocycles. The van der Waals surface area contributed by atoms with Crippen molar-refractivity contribution >= 4 is 23.2 Å². The van der Waals surface area contributed by atoms with Gasteiger partial charge >= 0.3 is 6.18 Å². The average molecular weight is 376 g/mol.